The minimum absolute atomic E-state index is 0.0121. The number of carbonyl (C=O) groups excluding carboxylic acids is 1. The molecular formula is C24H19ClO8S. The van der Waals surface area contributed by atoms with Crippen LogP contribution in [0.2, 0.25) is 5.02 Å². The van der Waals surface area contributed by atoms with Gasteiger partial charge in [0.05, 0.1) is 41.7 Å². The summed E-state index contributed by atoms with van der Waals surface area (Å²) in [5, 5.41) is 0.694. The van der Waals surface area contributed by atoms with Gasteiger partial charge in [0.1, 0.15) is 18.1 Å². The molecule has 1 saturated carbocycles. The van der Waals surface area contributed by atoms with Gasteiger partial charge in [-0.1, -0.05) is 17.7 Å². The molecule has 176 valence electrons. The molecule has 0 spiro atoms. The maximum Gasteiger partial charge on any atom is 0.363 e. The van der Waals surface area contributed by atoms with E-state index < -0.39 is 0 Å². The van der Waals surface area contributed by atoms with Gasteiger partial charge in [0, 0.05) is 24.4 Å². The smallest absolute Gasteiger partial charge is 0.363 e. The molecular weight excluding hydrogens is 484 g/mol. The highest BCUT2D eigenvalue weighted by molar-refractivity contribution is 7.71. The third kappa shape index (κ3) is 4.34. The fraction of sp³-hybridized carbons (Fsp3) is 0.292. The lowest BCUT2D eigenvalue weighted by atomic mass is 9.82. The summed E-state index contributed by atoms with van der Waals surface area (Å²) in [6.45, 7) is 0.521. The molecule has 4 aromatic rings. The fourth-order valence-electron chi connectivity index (χ4n) is 3.92. The van der Waals surface area contributed by atoms with Gasteiger partial charge in [-0.15, -0.1) is 0 Å². The number of ether oxygens (including phenoxy) is 3. The number of hydrogen-bond acceptors (Lipinski definition) is 9. The van der Waals surface area contributed by atoms with Gasteiger partial charge in [0.2, 0.25) is 0 Å². The number of benzene rings is 2. The predicted octanol–water partition coefficient (Wildman–Crippen LogP) is 5.53. The summed E-state index contributed by atoms with van der Waals surface area (Å²) in [6, 6.07) is 9.62. The maximum atomic E-state index is 12.7. The molecule has 5 rings (SSSR count). The Balaban J connectivity index is 1.39. The van der Waals surface area contributed by atoms with E-state index in [-0.39, 0.29) is 46.3 Å². The highest BCUT2D eigenvalue weighted by Crippen LogP contribution is 2.37. The van der Waals surface area contributed by atoms with Crippen molar-refractivity contribution in [3.8, 4) is 17.1 Å². The molecule has 34 heavy (non-hydrogen) atoms. The summed E-state index contributed by atoms with van der Waals surface area (Å²) in [6.07, 6.45) is 1.24. The van der Waals surface area contributed by atoms with Crippen molar-refractivity contribution in [3.05, 3.63) is 56.5 Å². The van der Waals surface area contributed by atoms with Crippen molar-refractivity contribution in [1.29, 1.82) is 0 Å². The predicted molar refractivity (Wildman–Crippen MR) is 126 cm³/mol. The zero-order valence-electron chi connectivity index (χ0n) is 18.0. The Morgan fingerprint density at radius 1 is 1.12 bits per heavy atom. The van der Waals surface area contributed by atoms with Crippen molar-refractivity contribution >= 4 is 51.9 Å². The average Bonchev–Trinajstić information content (AvgIpc) is 3.16. The van der Waals surface area contributed by atoms with Crippen molar-refractivity contribution in [2.24, 2.45) is 5.92 Å². The molecule has 0 atom stereocenters. The number of fused-ring (bicyclic) bond motifs is 2. The highest BCUT2D eigenvalue weighted by atomic mass is 35.5. The summed E-state index contributed by atoms with van der Waals surface area (Å²) >= 11 is 11.3. The Hall–Kier alpha value is -3.14. The molecule has 8 nitrogen and oxygen atoms in total. The van der Waals surface area contributed by atoms with E-state index in [9.17, 15) is 9.59 Å². The molecule has 10 heteroatoms. The molecule has 2 aromatic heterocycles. The molecule has 0 amide bonds. The molecule has 0 N–H and O–H groups in total. The van der Waals surface area contributed by atoms with Crippen LogP contribution >= 0.6 is 23.8 Å². The lowest BCUT2D eigenvalue weighted by molar-refractivity contribution is -0.155. The van der Waals surface area contributed by atoms with E-state index >= 15 is 0 Å². The number of esters is 1. The van der Waals surface area contributed by atoms with Gasteiger partial charge in [-0.05, 0) is 31.0 Å². The molecule has 1 fully saturated rings. The third-order valence-electron chi connectivity index (χ3n) is 5.73. The van der Waals surface area contributed by atoms with E-state index in [0.717, 1.165) is 0 Å². The molecule has 0 radical (unpaired) electrons. The van der Waals surface area contributed by atoms with Gasteiger partial charge in [0.15, 0.2) is 22.2 Å². The van der Waals surface area contributed by atoms with Crippen molar-refractivity contribution in [2.45, 2.75) is 18.9 Å². The standard InChI is InChI=1S/C24H19ClO8S/c1-28-23(27)12-7-13(8-12)29-5-6-30-18-11-21-20(32-24(34)33-21)9-15(18)19-10-17(26)14-3-2-4-16(25)22(14)31-19/h2-4,9-13H,5-8H2,1H3. The molecule has 0 bridgehead atoms. The van der Waals surface area contributed by atoms with Gasteiger partial charge < -0.3 is 27.5 Å². The first-order valence-electron chi connectivity index (χ1n) is 10.6. The quantitative estimate of drug-likeness (QED) is 0.183. The van der Waals surface area contributed by atoms with Gasteiger partial charge >= 0.3 is 10.9 Å². The van der Waals surface area contributed by atoms with E-state index in [0.29, 0.717) is 52.3 Å². The Labute approximate surface area is 202 Å². The summed E-state index contributed by atoms with van der Waals surface area (Å²) in [5.41, 5.74) is 1.28. The number of hydrogen-bond donors (Lipinski definition) is 0. The van der Waals surface area contributed by atoms with Crippen molar-refractivity contribution in [1.82, 2.24) is 0 Å². The first-order chi connectivity index (χ1) is 16.4. The van der Waals surface area contributed by atoms with Crippen LogP contribution in [0.1, 0.15) is 12.8 Å². The van der Waals surface area contributed by atoms with Gasteiger partial charge in [0.25, 0.3) is 0 Å². The number of methoxy groups -OCH3 is 1. The van der Waals surface area contributed by atoms with Crippen LogP contribution in [0.15, 0.2) is 54.4 Å². The Kier molecular flexibility index (Phi) is 6.16. The topological polar surface area (TPSA) is 101 Å². The van der Waals surface area contributed by atoms with Crippen molar-refractivity contribution < 1.29 is 32.3 Å². The minimum Gasteiger partial charge on any atom is -0.490 e. The maximum absolute atomic E-state index is 12.7. The van der Waals surface area contributed by atoms with Crippen LogP contribution in [0.3, 0.4) is 0 Å². The van der Waals surface area contributed by atoms with Crippen molar-refractivity contribution in [2.75, 3.05) is 20.3 Å². The molecule has 0 unspecified atom stereocenters. The zero-order valence-corrected chi connectivity index (χ0v) is 19.6. The first-order valence-corrected chi connectivity index (χ1v) is 11.3. The van der Waals surface area contributed by atoms with E-state index in [2.05, 4.69) is 0 Å². The lowest BCUT2D eigenvalue weighted by Gasteiger charge is -2.32. The third-order valence-corrected chi connectivity index (χ3v) is 6.19. The fourth-order valence-corrected chi connectivity index (χ4v) is 4.31. The highest BCUT2D eigenvalue weighted by Gasteiger charge is 2.35. The Bertz CT molecular complexity index is 1490. The van der Waals surface area contributed by atoms with E-state index in [1.807, 2.05) is 0 Å². The van der Waals surface area contributed by atoms with Crippen LogP contribution in [0.5, 0.6) is 5.75 Å². The summed E-state index contributed by atoms with van der Waals surface area (Å²) in [5.74, 6) is 0.329. The second kappa shape index (κ2) is 9.25. The minimum atomic E-state index is -0.244. The van der Waals surface area contributed by atoms with Crippen LogP contribution in [0.25, 0.3) is 33.5 Å². The molecule has 2 aromatic carbocycles. The molecule has 1 aliphatic carbocycles. The van der Waals surface area contributed by atoms with Crippen LogP contribution in [0, 0.1) is 10.8 Å². The Morgan fingerprint density at radius 3 is 2.65 bits per heavy atom. The second-order valence-corrected chi connectivity index (χ2v) is 8.61. The van der Waals surface area contributed by atoms with Gasteiger partial charge in [-0.25, -0.2) is 0 Å². The van der Waals surface area contributed by atoms with Crippen LogP contribution in [-0.2, 0) is 14.3 Å². The van der Waals surface area contributed by atoms with E-state index in [1.54, 1.807) is 30.3 Å². The average molecular weight is 503 g/mol. The summed E-state index contributed by atoms with van der Waals surface area (Å²) in [7, 11) is 1.38. The number of halogens is 1. The van der Waals surface area contributed by atoms with Crippen LogP contribution in [0.4, 0.5) is 0 Å². The van der Waals surface area contributed by atoms with Crippen LogP contribution in [-0.4, -0.2) is 32.4 Å². The molecule has 0 saturated heterocycles. The van der Waals surface area contributed by atoms with Gasteiger partial charge in [-0.3, -0.25) is 9.59 Å². The normalized spacial score (nSPS) is 17.6. The number of para-hydroxylation sites is 1. The molecule has 1 aliphatic rings. The lowest BCUT2D eigenvalue weighted by Crippen LogP contribution is -2.37. The van der Waals surface area contributed by atoms with Gasteiger partial charge in [-0.2, -0.15) is 0 Å². The zero-order chi connectivity index (χ0) is 23.8. The summed E-state index contributed by atoms with van der Waals surface area (Å²) in [4.78, 5) is 24.2. The number of carbonyl (C=O) groups is 1. The SMILES string of the molecule is COC(=O)C1CC(OCCOc2cc3oc(=S)oc3cc2-c2cc(=O)c3cccc(Cl)c3o2)C1. The van der Waals surface area contributed by atoms with Crippen molar-refractivity contribution in [3.63, 3.8) is 0 Å². The summed E-state index contributed by atoms with van der Waals surface area (Å²) < 4.78 is 33.3. The van der Waals surface area contributed by atoms with Crippen LogP contribution < -0.4 is 10.2 Å². The first kappa shape index (κ1) is 22.6. The van der Waals surface area contributed by atoms with E-state index in [1.165, 1.54) is 13.2 Å². The Morgan fingerprint density at radius 2 is 1.88 bits per heavy atom. The largest absolute Gasteiger partial charge is 0.490 e. The van der Waals surface area contributed by atoms with E-state index in [4.69, 9.17) is 51.3 Å². The monoisotopic (exact) mass is 502 g/mol. The second-order valence-electron chi connectivity index (χ2n) is 7.87. The molecule has 2 heterocycles. The molecule has 0 aliphatic heterocycles. The number of rotatable bonds is 7.